The summed E-state index contributed by atoms with van der Waals surface area (Å²) < 4.78 is 0. The molecule has 4 aliphatic rings. The van der Waals surface area contributed by atoms with E-state index in [1.165, 1.54) is 32.1 Å². The Labute approximate surface area is 109 Å². The summed E-state index contributed by atoms with van der Waals surface area (Å²) in [5.74, 6) is 0.932. The Kier molecular flexibility index (Phi) is 3.20. The van der Waals surface area contributed by atoms with E-state index in [1.807, 2.05) is 0 Å². The molecule has 0 aliphatic heterocycles. The molecule has 3 nitrogen and oxygen atoms in total. The molecule has 4 rings (SSSR count). The van der Waals surface area contributed by atoms with E-state index < -0.39 is 5.97 Å². The number of hydrogen-bond acceptors (Lipinski definition) is 2. The summed E-state index contributed by atoms with van der Waals surface area (Å²) in [6, 6.07) is 0. The van der Waals surface area contributed by atoms with E-state index in [1.54, 1.807) is 0 Å². The first-order valence-corrected chi connectivity index (χ1v) is 6.49. The molecule has 2 unspecified atom stereocenters. The standard InChI is InChI=1S/C13H21NO2.ClH/c14-13-6-9-3-10(7-13)5-12(4-9,8-13)2-1-11(15)16;/h9-10H,1-8,14H2,(H,15,16);1H/t9-,10+,12?,13?;. The van der Waals surface area contributed by atoms with E-state index in [4.69, 9.17) is 10.8 Å². The SMILES string of the molecule is Cl.NC12C[C@H]3C[C@@H](C1)CC(CCC(=O)O)(C3)C2. The van der Waals surface area contributed by atoms with Gasteiger partial charge in [-0.3, -0.25) is 4.79 Å². The summed E-state index contributed by atoms with van der Waals surface area (Å²) in [4.78, 5) is 10.7. The molecule has 4 heteroatoms. The molecule has 4 fully saturated rings. The van der Waals surface area contributed by atoms with Gasteiger partial charge in [-0.1, -0.05) is 0 Å². The maximum Gasteiger partial charge on any atom is 0.303 e. The molecule has 0 spiro atoms. The van der Waals surface area contributed by atoms with Crippen molar-refractivity contribution in [2.45, 2.75) is 56.9 Å². The Morgan fingerprint density at radius 1 is 1.24 bits per heavy atom. The molecule has 0 aromatic rings. The van der Waals surface area contributed by atoms with Crippen LogP contribution in [0.5, 0.6) is 0 Å². The van der Waals surface area contributed by atoms with Crippen molar-refractivity contribution >= 4 is 18.4 Å². The van der Waals surface area contributed by atoms with Crippen molar-refractivity contribution in [2.24, 2.45) is 23.0 Å². The maximum absolute atomic E-state index is 10.7. The smallest absolute Gasteiger partial charge is 0.303 e. The minimum Gasteiger partial charge on any atom is -0.481 e. The topological polar surface area (TPSA) is 63.3 Å². The third-order valence-electron chi connectivity index (χ3n) is 5.10. The zero-order valence-electron chi connectivity index (χ0n) is 10.2. The second-order valence-electron chi connectivity index (χ2n) is 6.72. The van der Waals surface area contributed by atoms with Crippen molar-refractivity contribution in [1.29, 1.82) is 0 Å². The molecule has 3 N–H and O–H groups in total. The predicted molar refractivity (Wildman–Crippen MR) is 68.2 cm³/mol. The lowest BCUT2D eigenvalue weighted by molar-refractivity contribution is -0.139. The minimum atomic E-state index is -0.651. The first-order valence-electron chi connectivity index (χ1n) is 6.49. The largest absolute Gasteiger partial charge is 0.481 e. The van der Waals surface area contributed by atoms with Gasteiger partial charge in [0.25, 0.3) is 0 Å². The summed E-state index contributed by atoms with van der Waals surface area (Å²) in [5.41, 5.74) is 6.81. The van der Waals surface area contributed by atoms with Crippen molar-refractivity contribution in [3.63, 3.8) is 0 Å². The molecule has 0 aromatic carbocycles. The lowest BCUT2D eigenvalue weighted by atomic mass is 9.46. The van der Waals surface area contributed by atoms with Gasteiger partial charge in [-0.05, 0) is 62.2 Å². The van der Waals surface area contributed by atoms with Gasteiger partial charge in [-0.2, -0.15) is 0 Å². The molecular formula is C13H22ClNO2. The highest BCUT2D eigenvalue weighted by molar-refractivity contribution is 5.85. The van der Waals surface area contributed by atoms with Crippen LogP contribution in [0.1, 0.15) is 51.4 Å². The molecule has 0 saturated heterocycles. The molecule has 0 radical (unpaired) electrons. The van der Waals surface area contributed by atoms with Crippen LogP contribution in [0.4, 0.5) is 0 Å². The van der Waals surface area contributed by atoms with Gasteiger partial charge in [-0.15, -0.1) is 12.4 Å². The van der Waals surface area contributed by atoms with Crippen LogP contribution in [0.15, 0.2) is 0 Å². The van der Waals surface area contributed by atoms with Gasteiger partial charge in [0.2, 0.25) is 0 Å². The number of rotatable bonds is 3. The minimum absolute atomic E-state index is 0. The Balaban J connectivity index is 0.00000108. The van der Waals surface area contributed by atoms with Gasteiger partial charge in [0.05, 0.1) is 0 Å². The zero-order chi connectivity index (χ0) is 11.4. The normalized spacial score (nSPS) is 46.6. The molecule has 98 valence electrons. The van der Waals surface area contributed by atoms with Crippen LogP contribution in [0.3, 0.4) is 0 Å². The van der Waals surface area contributed by atoms with Crippen LogP contribution in [0.2, 0.25) is 0 Å². The van der Waals surface area contributed by atoms with Crippen LogP contribution in [-0.2, 0) is 4.79 Å². The first-order chi connectivity index (χ1) is 7.49. The molecule has 0 amide bonds. The summed E-state index contributed by atoms with van der Waals surface area (Å²) in [6.45, 7) is 0. The first kappa shape index (κ1) is 13.2. The lowest BCUT2D eigenvalue weighted by Crippen LogP contribution is -2.60. The van der Waals surface area contributed by atoms with E-state index in [0.717, 1.165) is 24.7 Å². The highest BCUT2D eigenvalue weighted by Gasteiger charge is 2.55. The number of halogens is 1. The molecule has 17 heavy (non-hydrogen) atoms. The van der Waals surface area contributed by atoms with Crippen LogP contribution >= 0.6 is 12.4 Å². The summed E-state index contributed by atoms with van der Waals surface area (Å²) in [6.07, 6.45) is 8.50. The fraction of sp³-hybridized carbons (Fsp3) is 0.923. The van der Waals surface area contributed by atoms with Crippen molar-refractivity contribution in [1.82, 2.24) is 0 Å². The number of aliphatic carboxylic acids is 1. The van der Waals surface area contributed by atoms with Crippen molar-refractivity contribution < 1.29 is 9.90 Å². The number of carboxylic acid groups (broad SMARTS) is 1. The molecule has 4 saturated carbocycles. The number of carboxylic acids is 1. The van der Waals surface area contributed by atoms with E-state index in [0.29, 0.717) is 6.42 Å². The molecule has 4 bridgehead atoms. The quantitative estimate of drug-likeness (QED) is 0.819. The Hall–Kier alpha value is -0.280. The average Bonchev–Trinajstić information content (AvgIpc) is 2.10. The molecule has 4 aliphatic carbocycles. The summed E-state index contributed by atoms with van der Waals surface area (Å²) in [5, 5.41) is 8.85. The number of nitrogens with two attached hydrogens (primary N) is 1. The van der Waals surface area contributed by atoms with E-state index in [-0.39, 0.29) is 23.4 Å². The molecule has 4 atom stereocenters. The third-order valence-corrected chi connectivity index (χ3v) is 5.10. The van der Waals surface area contributed by atoms with Crippen LogP contribution in [-0.4, -0.2) is 16.6 Å². The summed E-state index contributed by atoms with van der Waals surface area (Å²) >= 11 is 0. The fourth-order valence-electron chi connectivity index (χ4n) is 5.19. The van der Waals surface area contributed by atoms with Crippen LogP contribution < -0.4 is 5.73 Å². The van der Waals surface area contributed by atoms with Gasteiger partial charge >= 0.3 is 5.97 Å². The third kappa shape index (κ3) is 2.32. The predicted octanol–water partition coefficient (Wildman–Crippen LogP) is 2.57. The monoisotopic (exact) mass is 259 g/mol. The lowest BCUT2D eigenvalue weighted by Gasteiger charge is -2.61. The number of carbonyl (C=O) groups is 1. The van der Waals surface area contributed by atoms with E-state index in [9.17, 15) is 4.79 Å². The van der Waals surface area contributed by atoms with Crippen molar-refractivity contribution in [2.75, 3.05) is 0 Å². The maximum atomic E-state index is 10.7. The van der Waals surface area contributed by atoms with E-state index in [2.05, 4.69) is 0 Å². The molecule has 0 heterocycles. The highest BCUT2D eigenvalue weighted by Crippen LogP contribution is 2.62. The van der Waals surface area contributed by atoms with Crippen molar-refractivity contribution in [3.05, 3.63) is 0 Å². The van der Waals surface area contributed by atoms with Gasteiger partial charge in [0.1, 0.15) is 0 Å². The Morgan fingerprint density at radius 2 is 1.82 bits per heavy atom. The van der Waals surface area contributed by atoms with Crippen LogP contribution in [0.25, 0.3) is 0 Å². The van der Waals surface area contributed by atoms with Gasteiger partial charge in [-0.25, -0.2) is 0 Å². The van der Waals surface area contributed by atoms with Gasteiger partial charge in [0, 0.05) is 12.0 Å². The fourth-order valence-corrected chi connectivity index (χ4v) is 5.19. The Morgan fingerprint density at radius 3 is 2.29 bits per heavy atom. The van der Waals surface area contributed by atoms with Gasteiger partial charge in [0.15, 0.2) is 0 Å². The summed E-state index contributed by atoms with van der Waals surface area (Å²) in [7, 11) is 0. The van der Waals surface area contributed by atoms with Crippen molar-refractivity contribution in [3.8, 4) is 0 Å². The second kappa shape index (κ2) is 4.13. The second-order valence-corrected chi connectivity index (χ2v) is 6.72. The van der Waals surface area contributed by atoms with Crippen LogP contribution in [0, 0.1) is 17.3 Å². The molecular weight excluding hydrogens is 238 g/mol. The number of hydrogen-bond donors (Lipinski definition) is 2. The Bertz CT molecular complexity index is 317. The zero-order valence-corrected chi connectivity index (χ0v) is 11.0. The molecule has 0 aromatic heterocycles. The average molecular weight is 260 g/mol. The highest BCUT2D eigenvalue weighted by atomic mass is 35.5. The van der Waals surface area contributed by atoms with Gasteiger partial charge < -0.3 is 10.8 Å². The van der Waals surface area contributed by atoms with E-state index >= 15 is 0 Å².